The Morgan fingerprint density at radius 1 is 1.23 bits per heavy atom. The van der Waals surface area contributed by atoms with Crippen molar-refractivity contribution in [1.82, 2.24) is 15.6 Å². The topological polar surface area (TPSA) is 124 Å². The first kappa shape index (κ1) is 18.2. The van der Waals surface area contributed by atoms with Crippen LogP contribution in [0, 0.1) is 0 Å². The van der Waals surface area contributed by atoms with Gasteiger partial charge in [0.05, 0.1) is 18.1 Å². The van der Waals surface area contributed by atoms with Gasteiger partial charge in [0.15, 0.2) is 5.76 Å². The predicted octanol–water partition coefficient (Wildman–Crippen LogP) is 1.71. The van der Waals surface area contributed by atoms with Crippen LogP contribution in [0.2, 0.25) is 10.0 Å². The second-order valence-electron chi connectivity index (χ2n) is 5.43. The maximum Gasteiger partial charge on any atom is 0.277 e. The molecule has 26 heavy (non-hydrogen) atoms. The van der Waals surface area contributed by atoms with Crippen LogP contribution in [-0.4, -0.2) is 29.3 Å². The molecule has 3 rings (SSSR count). The van der Waals surface area contributed by atoms with E-state index in [1.165, 1.54) is 0 Å². The quantitative estimate of drug-likeness (QED) is 0.522. The van der Waals surface area contributed by atoms with Gasteiger partial charge in [0.1, 0.15) is 12.3 Å². The zero-order valence-corrected chi connectivity index (χ0v) is 15.0. The molecule has 10 heteroatoms. The fraction of sp³-hybridized carbons (Fsp3) is 0.188. The SMILES string of the molecule is Nc1nonc1C(=O)NCC[NH2+]Cc1ccc(-c2cc(Cl)ccc2Cl)o1. The molecule has 5 N–H and O–H groups in total. The van der Waals surface area contributed by atoms with Crippen molar-refractivity contribution in [2.24, 2.45) is 0 Å². The van der Waals surface area contributed by atoms with Gasteiger partial charge in [-0.3, -0.25) is 4.79 Å². The summed E-state index contributed by atoms with van der Waals surface area (Å²) in [5, 5.41) is 12.6. The number of nitrogen functional groups attached to an aromatic ring is 1. The Bertz CT molecular complexity index is 909. The Labute approximate surface area is 158 Å². The predicted molar refractivity (Wildman–Crippen MR) is 95.7 cm³/mol. The molecule has 8 nitrogen and oxygen atoms in total. The van der Waals surface area contributed by atoms with Crippen molar-refractivity contribution in [2.75, 3.05) is 18.8 Å². The molecule has 0 aliphatic rings. The van der Waals surface area contributed by atoms with Crippen LogP contribution in [0.25, 0.3) is 11.3 Å². The van der Waals surface area contributed by atoms with E-state index in [0.29, 0.717) is 35.4 Å². The van der Waals surface area contributed by atoms with E-state index in [4.69, 9.17) is 33.4 Å². The molecule has 0 saturated heterocycles. The highest BCUT2D eigenvalue weighted by Gasteiger charge is 2.15. The summed E-state index contributed by atoms with van der Waals surface area (Å²) in [6.45, 7) is 1.69. The number of nitrogens with zero attached hydrogens (tertiary/aromatic N) is 2. The van der Waals surface area contributed by atoms with E-state index < -0.39 is 5.91 Å². The largest absolute Gasteiger partial charge is 0.455 e. The van der Waals surface area contributed by atoms with Gasteiger partial charge in [-0.15, -0.1) is 0 Å². The van der Waals surface area contributed by atoms with E-state index in [1.54, 1.807) is 18.2 Å². The van der Waals surface area contributed by atoms with Crippen LogP contribution >= 0.6 is 23.2 Å². The van der Waals surface area contributed by atoms with Crippen molar-refractivity contribution >= 4 is 34.9 Å². The second-order valence-corrected chi connectivity index (χ2v) is 6.27. The van der Waals surface area contributed by atoms with Crippen molar-refractivity contribution < 1.29 is 19.2 Å². The lowest BCUT2D eigenvalue weighted by Gasteiger charge is -2.03. The molecule has 3 aromatic rings. The number of halogens is 2. The maximum absolute atomic E-state index is 11.8. The number of quaternary nitrogens is 1. The van der Waals surface area contributed by atoms with Crippen LogP contribution in [0.1, 0.15) is 16.2 Å². The Morgan fingerprint density at radius 2 is 2.08 bits per heavy atom. The Kier molecular flexibility index (Phi) is 5.77. The highest BCUT2D eigenvalue weighted by molar-refractivity contribution is 6.35. The summed E-state index contributed by atoms with van der Waals surface area (Å²) in [5.41, 5.74) is 6.18. The van der Waals surface area contributed by atoms with Gasteiger partial charge in [-0.2, -0.15) is 0 Å². The van der Waals surface area contributed by atoms with Gasteiger partial charge in [0, 0.05) is 10.6 Å². The average Bonchev–Trinajstić information content (AvgIpc) is 3.25. The summed E-state index contributed by atoms with van der Waals surface area (Å²) in [6, 6.07) is 8.94. The van der Waals surface area contributed by atoms with Gasteiger partial charge in [0.2, 0.25) is 11.5 Å². The lowest BCUT2D eigenvalue weighted by Crippen LogP contribution is -2.84. The third-order valence-corrected chi connectivity index (χ3v) is 4.13. The molecule has 0 aliphatic carbocycles. The summed E-state index contributed by atoms with van der Waals surface area (Å²) in [5.74, 6) is 0.984. The molecule has 0 atom stereocenters. The van der Waals surface area contributed by atoms with E-state index in [9.17, 15) is 4.79 Å². The molecular weight excluding hydrogens is 381 g/mol. The zero-order chi connectivity index (χ0) is 18.5. The number of carbonyl (C=O) groups excluding carboxylic acids is 1. The minimum absolute atomic E-state index is 0.0147. The van der Waals surface area contributed by atoms with Gasteiger partial charge in [-0.1, -0.05) is 23.2 Å². The molecule has 1 amide bonds. The highest BCUT2D eigenvalue weighted by Crippen LogP contribution is 2.31. The first-order valence-electron chi connectivity index (χ1n) is 7.76. The number of carbonyl (C=O) groups is 1. The summed E-state index contributed by atoms with van der Waals surface area (Å²) in [4.78, 5) is 11.8. The van der Waals surface area contributed by atoms with E-state index >= 15 is 0 Å². The molecule has 1 aromatic carbocycles. The van der Waals surface area contributed by atoms with Gasteiger partial charge >= 0.3 is 0 Å². The number of anilines is 1. The molecule has 0 spiro atoms. The van der Waals surface area contributed by atoms with Gasteiger partial charge < -0.3 is 20.8 Å². The molecule has 2 aromatic heterocycles. The van der Waals surface area contributed by atoms with E-state index in [-0.39, 0.29) is 11.5 Å². The number of furan rings is 1. The number of aromatic nitrogens is 2. The molecular formula is C16H16Cl2N5O3+. The molecule has 0 aliphatic heterocycles. The van der Waals surface area contributed by atoms with Crippen LogP contribution in [0.3, 0.4) is 0 Å². The van der Waals surface area contributed by atoms with E-state index in [0.717, 1.165) is 11.3 Å². The maximum atomic E-state index is 11.8. The number of nitrogens with two attached hydrogens (primary N) is 2. The van der Waals surface area contributed by atoms with Gasteiger partial charge in [-0.05, 0) is 40.6 Å². The first-order valence-corrected chi connectivity index (χ1v) is 8.52. The number of nitrogens with one attached hydrogen (secondary N) is 1. The highest BCUT2D eigenvalue weighted by atomic mass is 35.5. The van der Waals surface area contributed by atoms with Crippen molar-refractivity contribution in [3.63, 3.8) is 0 Å². The molecule has 0 unspecified atom stereocenters. The molecule has 0 saturated carbocycles. The number of amides is 1. The number of hydrogen-bond acceptors (Lipinski definition) is 6. The molecule has 0 bridgehead atoms. The van der Waals surface area contributed by atoms with Crippen LogP contribution in [0.5, 0.6) is 0 Å². The van der Waals surface area contributed by atoms with Crippen LogP contribution in [0.4, 0.5) is 5.82 Å². The van der Waals surface area contributed by atoms with E-state index in [2.05, 4.69) is 20.3 Å². The Balaban J connectivity index is 1.46. The van der Waals surface area contributed by atoms with Crippen molar-refractivity contribution in [1.29, 1.82) is 0 Å². The first-order chi connectivity index (χ1) is 12.5. The zero-order valence-electron chi connectivity index (χ0n) is 13.5. The molecule has 0 fully saturated rings. The molecule has 2 heterocycles. The van der Waals surface area contributed by atoms with Crippen LogP contribution in [0.15, 0.2) is 39.4 Å². The fourth-order valence-electron chi connectivity index (χ4n) is 2.29. The van der Waals surface area contributed by atoms with Crippen molar-refractivity contribution in [3.05, 3.63) is 51.8 Å². The molecule has 136 valence electrons. The minimum atomic E-state index is -0.423. The summed E-state index contributed by atoms with van der Waals surface area (Å²) in [7, 11) is 0. The minimum Gasteiger partial charge on any atom is -0.455 e. The summed E-state index contributed by atoms with van der Waals surface area (Å²) < 4.78 is 10.2. The number of rotatable bonds is 7. The Morgan fingerprint density at radius 3 is 2.85 bits per heavy atom. The normalized spacial score (nSPS) is 10.8. The van der Waals surface area contributed by atoms with Crippen molar-refractivity contribution in [2.45, 2.75) is 6.54 Å². The number of benzene rings is 1. The third-order valence-electron chi connectivity index (χ3n) is 3.56. The van der Waals surface area contributed by atoms with Gasteiger partial charge in [-0.25, -0.2) is 4.63 Å². The number of hydrogen-bond donors (Lipinski definition) is 3. The lowest BCUT2D eigenvalue weighted by molar-refractivity contribution is -0.670. The fourth-order valence-corrected chi connectivity index (χ4v) is 2.67. The summed E-state index contributed by atoms with van der Waals surface area (Å²) >= 11 is 12.2. The smallest absolute Gasteiger partial charge is 0.277 e. The third kappa shape index (κ3) is 4.34. The van der Waals surface area contributed by atoms with E-state index in [1.807, 2.05) is 17.4 Å². The second kappa shape index (κ2) is 8.22. The standard InChI is InChI=1S/C16H15Cl2N5O3/c17-9-1-3-12(18)11(7-9)13-4-2-10(25-13)8-20-5-6-21-16(24)14-15(19)23-26-22-14/h1-4,7,20H,5-6,8H2,(H2,19,23)(H,21,24)/p+1. The average molecular weight is 397 g/mol. The van der Waals surface area contributed by atoms with Crippen molar-refractivity contribution in [3.8, 4) is 11.3 Å². The molecule has 0 radical (unpaired) electrons. The van der Waals surface area contributed by atoms with Crippen LogP contribution in [-0.2, 0) is 6.54 Å². The van der Waals surface area contributed by atoms with Gasteiger partial charge in [0.25, 0.3) is 5.91 Å². The Hall–Kier alpha value is -2.55. The monoisotopic (exact) mass is 396 g/mol. The lowest BCUT2D eigenvalue weighted by atomic mass is 10.2. The van der Waals surface area contributed by atoms with Crippen LogP contribution < -0.4 is 16.4 Å². The summed E-state index contributed by atoms with van der Waals surface area (Å²) in [6.07, 6.45) is 0.